The Labute approximate surface area is 174 Å². The van der Waals surface area contributed by atoms with Gasteiger partial charge in [0.05, 0.1) is 10.2 Å². The fourth-order valence-corrected chi connectivity index (χ4v) is 4.23. The first-order chi connectivity index (χ1) is 13.1. The quantitative estimate of drug-likeness (QED) is 0.280. The van der Waals surface area contributed by atoms with E-state index in [0.717, 1.165) is 10.2 Å². The molecular formula is C23H51N3Si. The van der Waals surface area contributed by atoms with Crippen LogP contribution >= 0.6 is 0 Å². The highest BCUT2D eigenvalue weighted by Crippen LogP contribution is 2.12. The van der Waals surface area contributed by atoms with Crippen molar-refractivity contribution >= 4 is 10.2 Å². The molecule has 0 aliphatic heterocycles. The molecule has 0 heterocycles. The zero-order chi connectivity index (χ0) is 20.5. The molecule has 0 aliphatic carbocycles. The Morgan fingerprint density at radius 2 is 0.926 bits per heavy atom. The van der Waals surface area contributed by atoms with Crippen LogP contribution in [0.3, 0.4) is 0 Å². The van der Waals surface area contributed by atoms with Crippen molar-refractivity contribution in [3.05, 3.63) is 11.1 Å². The first kappa shape index (κ1) is 26.4. The fourth-order valence-electron chi connectivity index (χ4n) is 3.53. The van der Waals surface area contributed by atoms with Crippen LogP contribution < -0.4 is 16.0 Å². The number of hydrogen-bond acceptors (Lipinski definition) is 3. The lowest BCUT2D eigenvalue weighted by atomic mass is 10.1. The molecule has 0 fully saturated rings. The van der Waals surface area contributed by atoms with Gasteiger partial charge in [-0.05, 0) is 38.5 Å². The van der Waals surface area contributed by atoms with Gasteiger partial charge in [-0.2, -0.15) is 0 Å². The van der Waals surface area contributed by atoms with Crippen molar-refractivity contribution in [2.45, 2.75) is 137 Å². The summed E-state index contributed by atoms with van der Waals surface area (Å²) >= 11 is 0. The van der Waals surface area contributed by atoms with Gasteiger partial charge in [0.25, 0.3) is 0 Å². The van der Waals surface area contributed by atoms with E-state index in [1.165, 1.54) is 88.2 Å². The van der Waals surface area contributed by atoms with E-state index in [1.54, 1.807) is 0 Å². The highest BCUT2D eigenvalue weighted by molar-refractivity contribution is 6.21. The Hall–Kier alpha value is -0.643. The van der Waals surface area contributed by atoms with Gasteiger partial charge in [-0.3, -0.25) is 0 Å². The summed E-state index contributed by atoms with van der Waals surface area (Å²) in [4.78, 5) is 0. The van der Waals surface area contributed by atoms with Crippen LogP contribution in [0.1, 0.15) is 119 Å². The van der Waals surface area contributed by atoms with Gasteiger partial charge >= 0.3 is 0 Å². The second-order valence-electron chi connectivity index (χ2n) is 8.18. The minimum Gasteiger partial charge on any atom is -0.387 e. The van der Waals surface area contributed by atoms with E-state index < -0.39 is 0 Å². The van der Waals surface area contributed by atoms with Crippen LogP contribution in [-0.2, 0) is 0 Å². The van der Waals surface area contributed by atoms with E-state index in [-0.39, 0.29) is 0 Å². The Balaban J connectivity index is 5.24. The molecule has 3 unspecified atom stereocenters. The van der Waals surface area contributed by atoms with E-state index >= 15 is 0 Å². The maximum absolute atomic E-state index is 3.91. The molecular weight excluding hydrogens is 346 g/mol. The van der Waals surface area contributed by atoms with Crippen LogP contribution in [0.4, 0.5) is 0 Å². The first-order valence-electron chi connectivity index (χ1n) is 12.1. The molecule has 4 heteroatoms. The topological polar surface area (TPSA) is 36.1 Å². The second kappa shape index (κ2) is 17.5. The van der Waals surface area contributed by atoms with Crippen molar-refractivity contribution in [2.75, 3.05) is 0 Å². The molecule has 0 rings (SSSR count). The molecule has 27 heavy (non-hydrogen) atoms. The van der Waals surface area contributed by atoms with Crippen LogP contribution in [0.5, 0.6) is 0 Å². The molecule has 0 saturated carbocycles. The molecule has 0 radical (unpaired) electrons. The number of unbranched alkanes of at least 4 members (excludes halogenated alkanes) is 3. The van der Waals surface area contributed by atoms with Gasteiger partial charge in [0.1, 0.15) is 5.82 Å². The lowest BCUT2D eigenvalue weighted by Crippen LogP contribution is -2.43. The van der Waals surface area contributed by atoms with E-state index in [0.29, 0.717) is 18.1 Å². The summed E-state index contributed by atoms with van der Waals surface area (Å²) < 4.78 is 0. The van der Waals surface area contributed by atoms with Crippen molar-refractivity contribution < 1.29 is 0 Å². The zero-order valence-corrected chi connectivity index (χ0v) is 21.7. The summed E-state index contributed by atoms with van der Waals surface area (Å²) in [6.07, 6.45) is 15.2. The highest BCUT2D eigenvalue weighted by Gasteiger charge is 2.15. The third-order valence-corrected chi connectivity index (χ3v) is 6.48. The molecule has 0 saturated heterocycles. The Morgan fingerprint density at radius 1 is 0.593 bits per heavy atom. The molecule has 0 bridgehead atoms. The molecule has 0 aliphatic rings. The van der Waals surface area contributed by atoms with Crippen LogP contribution in [0.25, 0.3) is 0 Å². The average molecular weight is 398 g/mol. The van der Waals surface area contributed by atoms with Gasteiger partial charge in [-0.15, -0.1) is 0 Å². The minimum atomic E-state index is 0.581. The Kier molecular flexibility index (Phi) is 17.0. The predicted octanol–water partition coefficient (Wildman–Crippen LogP) is 5.15. The van der Waals surface area contributed by atoms with E-state index in [2.05, 4.69) is 57.5 Å². The molecule has 3 nitrogen and oxygen atoms in total. The van der Waals surface area contributed by atoms with Gasteiger partial charge in [0.15, 0.2) is 0 Å². The fraction of sp³-hybridized carbons (Fsp3) is 0.913. The van der Waals surface area contributed by atoms with Crippen LogP contribution in [0.15, 0.2) is 11.1 Å². The van der Waals surface area contributed by atoms with E-state index in [9.17, 15) is 0 Å². The van der Waals surface area contributed by atoms with E-state index in [4.69, 9.17) is 0 Å². The molecule has 0 aromatic rings. The number of hydrogen-bond donors (Lipinski definition) is 3. The monoisotopic (exact) mass is 397 g/mol. The third-order valence-electron chi connectivity index (χ3n) is 5.69. The Bertz CT molecular complexity index is 351. The maximum atomic E-state index is 3.91. The SMILES string of the molecule is CCCCC(CC)NC([SiH3])=C(NC(CC)CCCC)NC(CC)CCCC. The molecule has 0 aromatic carbocycles. The molecule has 3 N–H and O–H groups in total. The summed E-state index contributed by atoms with van der Waals surface area (Å²) in [5.74, 6) is 1.31. The Morgan fingerprint density at radius 3 is 1.22 bits per heavy atom. The van der Waals surface area contributed by atoms with Crippen LogP contribution in [-0.4, -0.2) is 28.4 Å². The zero-order valence-electron chi connectivity index (χ0n) is 19.7. The second-order valence-corrected chi connectivity index (χ2v) is 9.18. The van der Waals surface area contributed by atoms with Gasteiger partial charge < -0.3 is 16.0 Å². The highest BCUT2D eigenvalue weighted by atomic mass is 28.1. The van der Waals surface area contributed by atoms with Crippen molar-refractivity contribution in [1.29, 1.82) is 0 Å². The average Bonchev–Trinajstić information content (AvgIpc) is 2.69. The summed E-state index contributed by atoms with van der Waals surface area (Å²) in [5, 5.41) is 13.1. The smallest absolute Gasteiger partial charge is 0.113 e. The van der Waals surface area contributed by atoms with Crippen molar-refractivity contribution in [3.63, 3.8) is 0 Å². The maximum Gasteiger partial charge on any atom is 0.113 e. The van der Waals surface area contributed by atoms with Crippen molar-refractivity contribution in [3.8, 4) is 0 Å². The molecule has 162 valence electrons. The first-order valence-corrected chi connectivity index (χ1v) is 13.1. The normalized spacial score (nSPS) is 14.4. The van der Waals surface area contributed by atoms with Gasteiger partial charge in [-0.1, -0.05) is 80.1 Å². The lowest BCUT2D eigenvalue weighted by molar-refractivity contribution is 0.421. The number of rotatable bonds is 18. The molecule has 3 atom stereocenters. The summed E-state index contributed by atoms with van der Waals surface area (Å²) in [7, 11) is 1.05. The lowest BCUT2D eigenvalue weighted by Gasteiger charge is -2.29. The summed E-state index contributed by atoms with van der Waals surface area (Å²) in [6, 6.07) is 1.78. The van der Waals surface area contributed by atoms with Gasteiger partial charge in [-0.25, -0.2) is 0 Å². The summed E-state index contributed by atoms with van der Waals surface area (Å²) in [5.41, 5.74) is 0. The molecule has 0 spiro atoms. The molecule has 0 amide bonds. The minimum absolute atomic E-state index is 0.581. The molecule has 0 aromatic heterocycles. The van der Waals surface area contributed by atoms with Crippen molar-refractivity contribution in [1.82, 2.24) is 16.0 Å². The standard InChI is InChI=1S/C23H51N3Si/c1-7-13-16-19(10-4)24-22(25-20(11-5)17-14-8-2)23(27)26-21(12-6)18-15-9-3/h19-21,24-26H,7-18H2,1-6,27H3. The van der Waals surface area contributed by atoms with Crippen LogP contribution in [0.2, 0.25) is 0 Å². The van der Waals surface area contributed by atoms with E-state index in [1.807, 2.05) is 0 Å². The van der Waals surface area contributed by atoms with Crippen molar-refractivity contribution in [2.24, 2.45) is 0 Å². The van der Waals surface area contributed by atoms with Crippen LogP contribution in [0, 0.1) is 0 Å². The summed E-state index contributed by atoms with van der Waals surface area (Å²) in [6.45, 7) is 13.8. The largest absolute Gasteiger partial charge is 0.387 e. The van der Waals surface area contributed by atoms with Gasteiger partial charge in [0.2, 0.25) is 0 Å². The third kappa shape index (κ3) is 12.4. The predicted molar refractivity (Wildman–Crippen MR) is 127 cm³/mol. The van der Waals surface area contributed by atoms with Gasteiger partial charge in [0, 0.05) is 23.4 Å². The number of nitrogens with one attached hydrogen (secondary N) is 3.